The number of nitrogens with zero attached hydrogens (tertiary/aromatic N) is 1. The number of hydrogen-bond acceptors (Lipinski definition) is 1. The number of anilines is 3. The molecule has 4 aliphatic carbocycles. The predicted molar refractivity (Wildman–Crippen MR) is 277 cm³/mol. The maximum Gasteiger partial charge on any atom is 0.0465 e. The van der Waals surface area contributed by atoms with E-state index in [1.165, 1.54) is 130 Å². The fourth-order valence-electron chi connectivity index (χ4n) is 13.1. The highest BCUT2D eigenvalue weighted by Crippen LogP contribution is 2.65. The zero-order valence-electron chi connectivity index (χ0n) is 40.2. The molecule has 0 saturated heterocycles. The molecule has 7 aromatic rings. The summed E-state index contributed by atoms with van der Waals surface area (Å²) in [6, 6.07) is 58.9. The van der Waals surface area contributed by atoms with Crippen LogP contribution in [0.25, 0.3) is 44.5 Å². The third kappa shape index (κ3) is 6.77. The summed E-state index contributed by atoms with van der Waals surface area (Å²) in [7, 11) is 0. The van der Waals surface area contributed by atoms with E-state index in [1.807, 2.05) is 0 Å². The quantitative estimate of drug-likeness (QED) is 0.154. The Kier molecular flexibility index (Phi) is 10.00. The molecule has 0 atom stereocenters. The molecular formula is C64H67N. The van der Waals surface area contributed by atoms with Crippen molar-refractivity contribution in [2.75, 3.05) is 4.90 Å². The average molecular weight is 850 g/mol. The Morgan fingerprint density at radius 3 is 1.52 bits per heavy atom. The number of hydrogen-bond donors (Lipinski definition) is 0. The minimum Gasteiger partial charge on any atom is -0.310 e. The summed E-state index contributed by atoms with van der Waals surface area (Å²) in [6.45, 7) is 19.1. The van der Waals surface area contributed by atoms with Crippen molar-refractivity contribution in [3.63, 3.8) is 0 Å². The van der Waals surface area contributed by atoms with Gasteiger partial charge in [0, 0.05) is 27.9 Å². The minimum absolute atomic E-state index is 0.00120. The van der Waals surface area contributed by atoms with Crippen LogP contribution in [0.4, 0.5) is 17.1 Å². The van der Waals surface area contributed by atoms with Gasteiger partial charge in [0.15, 0.2) is 0 Å². The average Bonchev–Trinajstić information content (AvgIpc) is 4.13. The molecule has 4 aliphatic rings. The highest BCUT2D eigenvalue weighted by molar-refractivity contribution is 5.92. The third-order valence-corrected chi connectivity index (χ3v) is 16.5. The maximum absolute atomic E-state index is 2.64. The molecule has 65 heavy (non-hydrogen) atoms. The lowest BCUT2D eigenvalue weighted by Crippen LogP contribution is -2.40. The van der Waals surface area contributed by atoms with Crippen LogP contribution in [0.2, 0.25) is 0 Å². The molecule has 0 heterocycles. The highest BCUT2D eigenvalue weighted by atomic mass is 15.1. The normalized spacial score (nSPS) is 17.5. The molecule has 11 rings (SSSR count). The molecule has 1 nitrogen and oxygen atoms in total. The van der Waals surface area contributed by atoms with E-state index in [-0.39, 0.29) is 21.7 Å². The molecule has 2 fully saturated rings. The first-order valence-corrected chi connectivity index (χ1v) is 24.9. The molecule has 328 valence electrons. The number of fused-ring (bicyclic) bond motifs is 6. The van der Waals surface area contributed by atoms with E-state index in [0.717, 1.165) is 5.69 Å². The lowest BCUT2D eigenvalue weighted by atomic mass is 9.58. The zero-order valence-corrected chi connectivity index (χ0v) is 40.2. The van der Waals surface area contributed by atoms with Crippen LogP contribution < -0.4 is 4.90 Å². The summed E-state index contributed by atoms with van der Waals surface area (Å²) in [6.07, 6.45) is 10.7. The highest BCUT2D eigenvalue weighted by Gasteiger charge is 2.55. The molecule has 0 N–H and O–H groups in total. The van der Waals surface area contributed by atoms with Crippen LogP contribution in [-0.2, 0) is 21.7 Å². The van der Waals surface area contributed by atoms with Crippen LogP contribution in [0.15, 0.2) is 152 Å². The number of rotatable bonds is 7. The van der Waals surface area contributed by atoms with E-state index in [2.05, 4.69) is 212 Å². The molecule has 0 bridgehead atoms. The van der Waals surface area contributed by atoms with Crippen LogP contribution in [0.1, 0.15) is 140 Å². The lowest BCUT2D eigenvalue weighted by Gasteiger charge is -2.45. The fraction of sp³-hybridized carbons (Fsp3) is 0.344. The Morgan fingerprint density at radius 1 is 0.400 bits per heavy atom. The second-order valence-electron chi connectivity index (χ2n) is 22.7. The second-order valence-corrected chi connectivity index (χ2v) is 22.7. The van der Waals surface area contributed by atoms with Gasteiger partial charge in [-0.1, -0.05) is 196 Å². The summed E-state index contributed by atoms with van der Waals surface area (Å²) in [5.74, 6) is 1.32. The first-order chi connectivity index (χ1) is 31.2. The van der Waals surface area contributed by atoms with Crippen molar-refractivity contribution >= 4 is 17.1 Å². The maximum atomic E-state index is 2.64. The molecule has 0 radical (unpaired) electrons. The topological polar surface area (TPSA) is 3.24 Å². The smallest absolute Gasteiger partial charge is 0.0465 e. The Hall–Kier alpha value is -5.66. The van der Waals surface area contributed by atoms with Gasteiger partial charge in [-0.25, -0.2) is 0 Å². The van der Waals surface area contributed by atoms with Crippen LogP contribution in [0.5, 0.6) is 0 Å². The summed E-state index contributed by atoms with van der Waals surface area (Å²) in [4.78, 5) is 2.49. The van der Waals surface area contributed by atoms with Crippen molar-refractivity contribution in [1.82, 2.24) is 0 Å². The van der Waals surface area contributed by atoms with E-state index in [9.17, 15) is 0 Å². The van der Waals surface area contributed by atoms with Gasteiger partial charge in [0.2, 0.25) is 0 Å². The predicted octanol–water partition coefficient (Wildman–Crippen LogP) is 18.0. The monoisotopic (exact) mass is 850 g/mol. The van der Waals surface area contributed by atoms with Crippen LogP contribution >= 0.6 is 0 Å². The van der Waals surface area contributed by atoms with Gasteiger partial charge in [0.25, 0.3) is 0 Å². The molecule has 0 amide bonds. The summed E-state index contributed by atoms with van der Waals surface area (Å²) in [5.41, 5.74) is 23.5. The van der Waals surface area contributed by atoms with Gasteiger partial charge >= 0.3 is 0 Å². The molecular weight excluding hydrogens is 783 g/mol. The Bertz CT molecular complexity index is 2890. The molecule has 1 heteroatoms. The summed E-state index contributed by atoms with van der Waals surface area (Å²) < 4.78 is 0. The Balaban J connectivity index is 1.10. The second kappa shape index (κ2) is 15.5. The van der Waals surface area contributed by atoms with E-state index in [4.69, 9.17) is 0 Å². The Labute approximate surface area is 390 Å². The zero-order chi connectivity index (χ0) is 44.9. The standard InChI is InChI=1S/C64H67N/c1-61(2,3)47-30-37-58-55(38-47)56-40-48(62(4,5)6)39-54(60(56)64(58,45-20-12-13-21-45)46-22-14-15-23-46)44-28-33-50(34-29-44)65(49-31-26-43(27-32-49)42-18-10-9-11-19-42)51-35-36-53-52-24-16-17-25-57(52)63(7,8)59(53)41-51/h9-11,16-19,24-41,45-46H,12-15,20-23H2,1-8H3. The van der Waals surface area contributed by atoms with E-state index in [0.29, 0.717) is 11.8 Å². The molecule has 0 spiro atoms. The van der Waals surface area contributed by atoms with E-state index < -0.39 is 0 Å². The van der Waals surface area contributed by atoms with Crippen molar-refractivity contribution in [2.45, 2.75) is 128 Å². The number of benzene rings is 7. The Morgan fingerprint density at radius 2 is 0.908 bits per heavy atom. The van der Waals surface area contributed by atoms with Crippen LogP contribution in [-0.4, -0.2) is 0 Å². The van der Waals surface area contributed by atoms with Crippen molar-refractivity contribution in [3.05, 3.63) is 185 Å². The summed E-state index contributed by atoms with van der Waals surface area (Å²) >= 11 is 0. The minimum atomic E-state index is -0.0938. The molecule has 0 unspecified atom stereocenters. The largest absolute Gasteiger partial charge is 0.310 e. The SMILES string of the molecule is CC(C)(C)c1ccc2c(c1)-c1cc(C(C)(C)C)cc(-c3ccc(N(c4ccc(-c5ccccc5)cc4)c4ccc5c(c4)C(C)(C)c4ccccc4-5)cc3)c1C2(C1CCCC1)C1CCCC1. The van der Waals surface area contributed by atoms with Gasteiger partial charge in [-0.3, -0.25) is 0 Å². The first kappa shape index (κ1) is 42.0. The van der Waals surface area contributed by atoms with Gasteiger partial charge in [-0.15, -0.1) is 0 Å². The van der Waals surface area contributed by atoms with Crippen molar-refractivity contribution in [3.8, 4) is 44.5 Å². The molecule has 0 aromatic heterocycles. The van der Waals surface area contributed by atoms with Crippen LogP contribution in [0, 0.1) is 11.8 Å². The van der Waals surface area contributed by atoms with Crippen LogP contribution in [0.3, 0.4) is 0 Å². The van der Waals surface area contributed by atoms with E-state index >= 15 is 0 Å². The molecule has 2 saturated carbocycles. The van der Waals surface area contributed by atoms with Crippen molar-refractivity contribution in [1.29, 1.82) is 0 Å². The van der Waals surface area contributed by atoms with Crippen molar-refractivity contribution < 1.29 is 0 Å². The third-order valence-electron chi connectivity index (χ3n) is 16.5. The van der Waals surface area contributed by atoms with Gasteiger partial charge in [-0.05, 0) is 163 Å². The van der Waals surface area contributed by atoms with Crippen molar-refractivity contribution in [2.24, 2.45) is 11.8 Å². The van der Waals surface area contributed by atoms with E-state index in [1.54, 1.807) is 11.1 Å². The molecule has 0 aliphatic heterocycles. The van der Waals surface area contributed by atoms with Gasteiger partial charge in [0.1, 0.15) is 0 Å². The van der Waals surface area contributed by atoms with Gasteiger partial charge < -0.3 is 4.90 Å². The van der Waals surface area contributed by atoms with Gasteiger partial charge in [0.05, 0.1) is 0 Å². The lowest BCUT2D eigenvalue weighted by molar-refractivity contribution is 0.223. The fourth-order valence-corrected chi connectivity index (χ4v) is 13.1. The summed E-state index contributed by atoms with van der Waals surface area (Å²) in [5, 5.41) is 0. The molecule has 7 aromatic carbocycles. The first-order valence-electron chi connectivity index (χ1n) is 24.9. The van der Waals surface area contributed by atoms with Gasteiger partial charge in [-0.2, -0.15) is 0 Å².